The SMILES string of the molecule is CC(C)(C)OC(=O)N[C@H](C(=O)N1C[C@H](Oc2cc(Cl)ncn2)C[C@H]1C(=O)O)C(C)(C)C. The van der Waals surface area contributed by atoms with Crippen LogP contribution >= 0.6 is 11.6 Å². The van der Waals surface area contributed by atoms with Crippen LogP contribution in [0.2, 0.25) is 5.15 Å². The van der Waals surface area contributed by atoms with Crippen LogP contribution in [0.4, 0.5) is 4.79 Å². The third-order valence-corrected chi connectivity index (χ3v) is 4.71. The Labute approximate surface area is 186 Å². The van der Waals surface area contributed by atoms with Gasteiger partial charge in [-0.05, 0) is 26.2 Å². The molecule has 3 atom stereocenters. The van der Waals surface area contributed by atoms with Gasteiger partial charge in [0.1, 0.15) is 35.3 Å². The number of nitrogens with zero attached hydrogens (tertiary/aromatic N) is 3. The molecule has 0 spiro atoms. The fourth-order valence-electron chi connectivity index (χ4n) is 3.15. The molecule has 11 heteroatoms. The summed E-state index contributed by atoms with van der Waals surface area (Å²) in [4.78, 5) is 46.4. The molecule has 2 amide bonds. The normalized spacial score (nSPS) is 20.2. The van der Waals surface area contributed by atoms with Crippen molar-refractivity contribution in [3.05, 3.63) is 17.5 Å². The second-order valence-corrected chi connectivity index (χ2v) is 9.83. The van der Waals surface area contributed by atoms with Gasteiger partial charge >= 0.3 is 12.1 Å². The highest BCUT2D eigenvalue weighted by Crippen LogP contribution is 2.28. The third kappa shape index (κ3) is 6.95. The van der Waals surface area contributed by atoms with Gasteiger partial charge in [0.2, 0.25) is 11.8 Å². The monoisotopic (exact) mass is 456 g/mol. The molecule has 1 aromatic heterocycles. The van der Waals surface area contributed by atoms with Crippen LogP contribution < -0.4 is 10.1 Å². The summed E-state index contributed by atoms with van der Waals surface area (Å²) in [6.45, 7) is 10.5. The summed E-state index contributed by atoms with van der Waals surface area (Å²) in [7, 11) is 0. The summed E-state index contributed by atoms with van der Waals surface area (Å²) >= 11 is 5.83. The van der Waals surface area contributed by atoms with Crippen molar-refractivity contribution >= 4 is 29.6 Å². The van der Waals surface area contributed by atoms with E-state index in [1.807, 2.05) is 0 Å². The highest BCUT2D eigenvalue weighted by Gasteiger charge is 2.46. The number of nitrogens with one attached hydrogen (secondary N) is 1. The molecule has 0 saturated carbocycles. The molecule has 2 N–H and O–H groups in total. The van der Waals surface area contributed by atoms with Gasteiger partial charge in [0.15, 0.2) is 0 Å². The Bertz CT molecular complexity index is 836. The Morgan fingerprint density at radius 1 is 1.23 bits per heavy atom. The lowest BCUT2D eigenvalue weighted by molar-refractivity contribution is -0.150. The molecule has 1 aliphatic rings. The van der Waals surface area contributed by atoms with Crippen molar-refractivity contribution in [1.29, 1.82) is 0 Å². The van der Waals surface area contributed by atoms with Gasteiger partial charge in [0.05, 0.1) is 6.54 Å². The van der Waals surface area contributed by atoms with E-state index in [0.717, 1.165) is 0 Å². The topological polar surface area (TPSA) is 131 Å². The summed E-state index contributed by atoms with van der Waals surface area (Å²) in [5, 5.41) is 12.4. The predicted octanol–water partition coefficient (Wildman–Crippen LogP) is 2.50. The van der Waals surface area contributed by atoms with Crippen molar-refractivity contribution in [2.75, 3.05) is 6.54 Å². The number of carbonyl (C=O) groups excluding carboxylic acids is 2. The summed E-state index contributed by atoms with van der Waals surface area (Å²) < 4.78 is 11.0. The first-order valence-electron chi connectivity index (χ1n) is 9.84. The minimum absolute atomic E-state index is 0.0139. The number of halogens is 1. The minimum atomic E-state index is -1.16. The molecule has 0 bridgehead atoms. The zero-order valence-electron chi connectivity index (χ0n) is 18.5. The van der Waals surface area contributed by atoms with Crippen LogP contribution in [0.15, 0.2) is 12.4 Å². The Morgan fingerprint density at radius 3 is 2.39 bits per heavy atom. The molecule has 172 valence electrons. The standard InChI is InChI=1S/C20H29ClN4O6/c1-19(2,3)15(24-18(29)31-20(4,5)6)16(26)25-9-11(7-12(25)17(27)28)30-14-8-13(21)22-10-23-14/h8,10-12,15H,7,9H2,1-6H3,(H,24,29)(H,27,28)/t11-,12+,15-/m1/s1. The van der Waals surface area contributed by atoms with Crippen molar-refractivity contribution in [2.24, 2.45) is 5.41 Å². The van der Waals surface area contributed by atoms with Crippen molar-refractivity contribution < 1.29 is 29.0 Å². The van der Waals surface area contributed by atoms with E-state index in [0.29, 0.717) is 0 Å². The van der Waals surface area contributed by atoms with E-state index < -0.39 is 47.2 Å². The molecule has 1 aliphatic heterocycles. The van der Waals surface area contributed by atoms with Gasteiger partial charge in [-0.3, -0.25) is 4.79 Å². The predicted molar refractivity (Wildman–Crippen MR) is 112 cm³/mol. The lowest BCUT2D eigenvalue weighted by atomic mass is 9.85. The van der Waals surface area contributed by atoms with Crippen LogP contribution in [-0.4, -0.2) is 68.3 Å². The van der Waals surface area contributed by atoms with Gasteiger partial charge in [-0.25, -0.2) is 19.6 Å². The highest BCUT2D eigenvalue weighted by molar-refractivity contribution is 6.29. The first kappa shape index (κ1) is 24.6. The fraction of sp³-hybridized carbons (Fsp3) is 0.650. The van der Waals surface area contributed by atoms with Crippen molar-refractivity contribution in [3.8, 4) is 5.88 Å². The van der Waals surface area contributed by atoms with Crippen LogP contribution in [0, 0.1) is 5.41 Å². The Kier molecular flexibility index (Phi) is 7.36. The molecule has 1 saturated heterocycles. The molecule has 0 radical (unpaired) electrons. The number of rotatable bonds is 5. The lowest BCUT2D eigenvalue weighted by Gasteiger charge is -2.35. The maximum absolute atomic E-state index is 13.4. The smallest absolute Gasteiger partial charge is 0.408 e. The largest absolute Gasteiger partial charge is 0.480 e. The maximum Gasteiger partial charge on any atom is 0.408 e. The van der Waals surface area contributed by atoms with E-state index in [-0.39, 0.29) is 24.0 Å². The number of hydrogen-bond donors (Lipinski definition) is 2. The van der Waals surface area contributed by atoms with Gasteiger partial charge in [-0.2, -0.15) is 0 Å². The number of amides is 2. The van der Waals surface area contributed by atoms with E-state index in [1.165, 1.54) is 17.3 Å². The second-order valence-electron chi connectivity index (χ2n) is 9.44. The van der Waals surface area contributed by atoms with Gasteiger partial charge in [0.25, 0.3) is 0 Å². The van der Waals surface area contributed by atoms with E-state index >= 15 is 0 Å². The number of aromatic nitrogens is 2. The van der Waals surface area contributed by atoms with E-state index in [4.69, 9.17) is 21.1 Å². The maximum atomic E-state index is 13.4. The third-order valence-electron chi connectivity index (χ3n) is 4.50. The number of carboxylic acid groups (broad SMARTS) is 1. The number of ether oxygens (including phenoxy) is 2. The Hall–Kier alpha value is -2.62. The molecule has 10 nitrogen and oxygen atoms in total. The van der Waals surface area contributed by atoms with Crippen molar-refractivity contribution in [2.45, 2.75) is 71.8 Å². The van der Waals surface area contributed by atoms with Gasteiger partial charge in [-0.15, -0.1) is 0 Å². The van der Waals surface area contributed by atoms with Crippen LogP contribution in [0.5, 0.6) is 5.88 Å². The highest BCUT2D eigenvalue weighted by atomic mass is 35.5. The first-order valence-corrected chi connectivity index (χ1v) is 10.2. The summed E-state index contributed by atoms with van der Waals surface area (Å²) in [6, 6.07) is -0.708. The molecule has 1 fully saturated rings. The molecule has 1 aromatic rings. The molecular formula is C20H29ClN4O6. The van der Waals surface area contributed by atoms with E-state index in [1.54, 1.807) is 41.5 Å². The van der Waals surface area contributed by atoms with Crippen LogP contribution in [-0.2, 0) is 14.3 Å². The van der Waals surface area contributed by atoms with E-state index in [2.05, 4.69) is 15.3 Å². The van der Waals surface area contributed by atoms with Crippen LogP contribution in [0.25, 0.3) is 0 Å². The number of hydrogen-bond acceptors (Lipinski definition) is 7. The summed E-state index contributed by atoms with van der Waals surface area (Å²) in [6.07, 6.45) is -0.0789. The number of carbonyl (C=O) groups is 3. The molecule has 0 aliphatic carbocycles. The quantitative estimate of drug-likeness (QED) is 0.646. The average Bonchev–Trinajstić information content (AvgIpc) is 3.01. The van der Waals surface area contributed by atoms with Gasteiger partial charge in [-0.1, -0.05) is 32.4 Å². The Balaban J connectivity index is 2.21. The summed E-state index contributed by atoms with van der Waals surface area (Å²) in [5.74, 6) is -1.51. The zero-order valence-corrected chi connectivity index (χ0v) is 19.3. The van der Waals surface area contributed by atoms with E-state index in [9.17, 15) is 19.5 Å². The number of likely N-dealkylation sites (tertiary alicyclic amines) is 1. The lowest BCUT2D eigenvalue weighted by Crippen LogP contribution is -2.57. The molecule has 2 rings (SSSR count). The molecule has 0 unspecified atom stereocenters. The average molecular weight is 457 g/mol. The minimum Gasteiger partial charge on any atom is -0.480 e. The summed E-state index contributed by atoms with van der Waals surface area (Å²) in [5.41, 5.74) is -1.44. The fourth-order valence-corrected chi connectivity index (χ4v) is 3.29. The molecular weight excluding hydrogens is 428 g/mol. The zero-order chi connectivity index (χ0) is 23.6. The number of aliphatic carboxylic acids is 1. The van der Waals surface area contributed by atoms with Crippen molar-refractivity contribution in [1.82, 2.24) is 20.2 Å². The van der Waals surface area contributed by atoms with Crippen molar-refractivity contribution in [3.63, 3.8) is 0 Å². The van der Waals surface area contributed by atoms with Gasteiger partial charge < -0.3 is 24.8 Å². The van der Waals surface area contributed by atoms with Crippen LogP contribution in [0.1, 0.15) is 48.0 Å². The number of alkyl carbamates (subject to hydrolysis) is 1. The Morgan fingerprint density at radius 2 is 1.87 bits per heavy atom. The second kappa shape index (κ2) is 9.25. The first-order chi connectivity index (χ1) is 14.2. The molecule has 31 heavy (non-hydrogen) atoms. The van der Waals surface area contributed by atoms with Crippen LogP contribution in [0.3, 0.4) is 0 Å². The molecule has 0 aromatic carbocycles. The molecule has 2 heterocycles. The number of carboxylic acids is 1. The van der Waals surface area contributed by atoms with Gasteiger partial charge in [0, 0.05) is 12.5 Å².